The average molecular weight is 225 g/mol. The summed E-state index contributed by atoms with van der Waals surface area (Å²) in [4.78, 5) is 16.5. The molecule has 1 atom stereocenters. The molecule has 0 amide bonds. The lowest BCUT2D eigenvalue weighted by molar-refractivity contribution is 0.597. The van der Waals surface area contributed by atoms with Crippen LogP contribution < -0.4 is 5.73 Å². The van der Waals surface area contributed by atoms with Gasteiger partial charge in [0.1, 0.15) is 18.4 Å². The van der Waals surface area contributed by atoms with Gasteiger partial charge in [-0.15, -0.1) is 0 Å². The molecule has 2 aliphatic rings. The third-order valence-electron chi connectivity index (χ3n) is 2.77. The van der Waals surface area contributed by atoms with Crippen LogP contribution in [0.15, 0.2) is 50.3 Å². The van der Waals surface area contributed by atoms with Gasteiger partial charge in [0.15, 0.2) is 11.5 Å². The minimum atomic E-state index is -0.852. The van der Waals surface area contributed by atoms with Crippen LogP contribution in [0.2, 0.25) is 0 Å². The Balaban J connectivity index is 1.93. The Labute approximate surface area is 98.5 Å². The molecule has 2 aliphatic heterocycles. The molecule has 2 heterocycles. The third-order valence-corrected chi connectivity index (χ3v) is 2.77. The molecule has 3 rings (SSSR count). The fourth-order valence-electron chi connectivity index (χ4n) is 1.94. The van der Waals surface area contributed by atoms with Crippen LogP contribution in [0.3, 0.4) is 0 Å². The van der Waals surface area contributed by atoms with Crippen molar-refractivity contribution in [2.24, 2.45) is 25.7 Å². The number of hydrogen-bond donors (Lipinski definition) is 1. The van der Waals surface area contributed by atoms with Gasteiger partial charge in [-0.1, -0.05) is 30.3 Å². The van der Waals surface area contributed by atoms with Crippen LogP contribution in [0.25, 0.3) is 0 Å². The summed E-state index contributed by atoms with van der Waals surface area (Å²) in [6, 6.07) is 9.97. The topological polar surface area (TPSA) is 75.5 Å². The lowest BCUT2D eigenvalue weighted by Gasteiger charge is -2.26. The lowest BCUT2D eigenvalue weighted by Crippen LogP contribution is -2.52. The van der Waals surface area contributed by atoms with Crippen molar-refractivity contribution in [3.05, 3.63) is 35.9 Å². The molecule has 0 saturated carbocycles. The molecule has 1 aromatic carbocycles. The maximum Gasteiger partial charge on any atom is 0.180 e. The molecule has 0 saturated heterocycles. The van der Waals surface area contributed by atoms with Gasteiger partial charge >= 0.3 is 0 Å². The number of benzene rings is 1. The zero-order valence-electron chi connectivity index (χ0n) is 9.11. The molecule has 0 radical (unpaired) electrons. The molecule has 0 aromatic heterocycles. The van der Waals surface area contributed by atoms with E-state index in [1.165, 1.54) is 12.7 Å². The van der Waals surface area contributed by atoms with Crippen LogP contribution in [-0.4, -0.2) is 29.9 Å². The van der Waals surface area contributed by atoms with Crippen molar-refractivity contribution in [1.29, 1.82) is 0 Å². The van der Waals surface area contributed by atoms with E-state index in [2.05, 4.69) is 20.0 Å². The monoisotopic (exact) mass is 225 g/mol. The molecule has 2 N–H and O–H groups in total. The Morgan fingerprint density at radius 1 is 1.06 bits per heavy atom. The number of hydrogen-bond acceptors (Lipinski definition) is 5. The number of amidine groups is 1. The van der Waals surface area contributed by atoms with Crippen LogP contribution in [-0.2, 0) is 6.42 Å². The smallest absolute Gasteiger partial charge is 0.180 e. The average Bonchev–Trinajstić information content (AvgIpc) is 2.80. The third kappa shape index (κ3) is 1.70. The van der Waals surface area contributed by atoms with E-state index in [-0.39, 0.29) is 0 Å². The highest BCUT2D eigenvalue weighted by Crippen LogP contribution is 2.20. The molecular weight excluding hydrogens is 214 g/mol. The Kier molecular flexibility index (Phi) is 2.19. The SMILES string of the molecule is N[C@@]1(Cc2ccccc2)N=CN=C2N=CN=C21. The predicted molar refractivity (Wildman–Crippen MR) is 68.9 cm³/mol. The van der Waals surface area contributed by atoms with Crippen molar-refractivity contribution in [3.63, 3.8) is 0 Å². The maximum absolute atomic E-state index is 6.29. The number of aliphatic imine (C=N–C) groups is 4. The van der Waals surface area contributed by atoms with E-state index in [4.69, 9.17) is 5.73 Å². The first-order chi connectivity index (χ1) is 8.28. The molecule has 0 spiro atoms. The maximum atomic E-state index is 6.29. The molecule has 5 nitrogen and oxygen atoms in total. The minimum absolute atomic E-state index is 0.568. The number of nitrogens with two attached hydrogens (primary N) is 1. The van der Waals surface area contributed by atoms with E-state index >= 15 is 0 Å². The Bertz CT molecular complexity index is 556. The van der Waals surface area contributed by atoms with Crippen molar-refractivity contribution in [1.82, 2.24) is 0 Å². The summed E-state index contributed by atoms with van der Waals surface area (Å²) in [7, 11) is 0. The van der Waals surface area contributed by atoms with Gasteiger partial charge in [-0.3, -0.25) is 0 Å². The Morgan fingerprint density at radius 3 is 2.71 bits per heavy atom. The second-order valence-corrected chi connectivity index (χ2v) is 4.01. The molecule has 0 fully saturated rings. The van der Waals surface area contributed by atoms with Crippen molar-refractivity contribution in [3.8, 4) is 0 Å². The largest absolute Gasteiger partial charge is 0.302 e. The highest BCUT2D eigenvalue weighted by atomic mass is 15.2. The van der Waals surface area contributed by atoms with E-state index in [1.807, 2.05) is 30.3 Å². The predicted octanol–water partition coefficient (Wildman–Crippen LogP) is 0.807. The van der Waals surface area contributed by atoms with Gasteiger partial charge in [-0.25, -0.2) is 20.0 Å². The minimum Gasteiger partial charge on any atom is -0.302 e. The zero-order chi connectivity index (χ0) is 11.7. The fourth-order valence-corrected chi connectivity index (χ4v) is 1.94. The summed E-state index contributed by atoms with van der Waals surface area (Å²) in [5.41, 5.74) is 7.19. The van der Waals surface area contributed by atoms with Gasteiger partial charge in [-0.05, 0) is 5.56 Å². The second-order valence-electron chi connectivity index (χ2n) is 4.01. The molecule has 1 aromatic rings. The second kappa shape index (κ2) is 3.71. The summed E-state index contributed by atoms with van der Waals surface area (Å²) in [5, 5.41) is 0. The first-order valence-corrected chi connectivity index (χ1v) is 5.33. The summed E-state index contributed by atoms with van der Waals surface area (Å²) < 4.78 is 0. The molecule has 84 valence electrons. The van der Waals surface area contributed by atoms with Crippen LogP contribution in [0.4, 0.5) is 0 Å². The van der Waals surface area contributed by atoms with Crippen molar-refractivity contribution in [2.45, 2.75) is 12.1 Å². The Hall–Kier alpha value is -2.14. The van der Waals surface area contributed by atoms with Crippen LogP contribution >= 0.6 is 0 Å². The van der Waals surface area contributed by atoms with Crippen LogP contribution in [0.1, 0.15) is 5.56 Å². The van der Waals surface area contributed by atoms with Crippen LogP contribution in [0, 0.1) is 0 Å². The summed E-state index contributed by atoms with van der Waals surface area (Å²) >= 11 is 0. The highest BCUT2D eigenvalue weighted by Gasteiger charge is 2.37. The molecule has 0 unspecified atom stereocenters. The first-order valence-electron chi connectivity index (χ1n) is 5.33. The van der Waals surface area contributed by atoms with Gasteiger partial charge in [0.2, 0.25) is 0 Å². The number of fused-ring (bicyclic) bond motifs is 1. The van der Waals surface area contributed by atoms with E-state index < -0.39 is 5.66 Å². The molecule has 0 bridgehead atoms. The fraction of sp³-hybridized carbons (Fsp3) is 0.167. The van der Waals surface area contributed by atoms with Crippen molar-refractivity contribution >= 4 is 24.2 Å². The Morgan fingerprint density at radius 2 is 1.88 bits per heavy atom. The van der Waals surface area contributed by atoms with Gasteiger partial charge < -0.3 is 5.73 Å². The van der Waals surface area contributed by atoms with E-state index in [9.17, 15) is 0 Å². The summed E-state index contributed by atoms with van der Waals surface area (Å²) in [6.45, 7) is 0. The highest BCUT2D eigenvalue weighted by molar-refractivity contribution is 6.50. The zero-order valence-corrected chi connectivity index (χ0v) is 9.11. The molecule has 0 aliphatic carbocycles. The van der Waals surface area contributed by atoms with E-state index in [0.29, 0.717) is 18.0 Å². The van der Waals surface area contributed by atoms with E-state index in [1.54, 1.807) is 0 Å². The standard InChI is InChI=1S/C12H11N5/c13-12(6-9-4-2-1-3-5-9)10-11(15-7-14-10)16-8-17-12/h1-5,7-8H,6,13H2/t12-/m0/s1. The molecular formula is C12H11N5. The van der Waals surface area contributed by atoms with Crippen molar-refractivity contribution < 1.29 is 0 Å². The number of nitrogens with zero attached hydrogens (tertiary/aromatic N) is 4. The van der Waals surface area contributed by atoms with Gasteiger partial charge in [0, 0.05) is 6.42 Å². The lowest BCUT2D eigenvalue weighted by atomic mass is 9.95. The first kappa shape index (κ1) is 10.0. The number of rotatable bonds is 2. The van der Waals surface area contributed by atoms with Gasteiger partial charge in [0.05, 0.1) is 0 Å². The van der Waals surface area contributed by atoms with Gasteiger partial charge in [-0.2, -0.15) is 0 Å². The molecule has 17 heavy (non-hydrogen) atoms. The van der Waals surface area contributed by atoms with Gasteiger partial charge in [0.25, 0.3) is 0 Å². The quantitative estimate of drug-likeness (QED) is 0.794. The normalized spacial score (nSPS) is 25.5. The van der Waals surface area contributed by atoms with E-state index in [0.717, 1.165) is 5.56 Å². The van der Waals surface area contributed by atoms with Crippen LogP contribution in [0.5, 0.6) is 0 Å². The van der Waals surface area contributed by atoms with Crippen molar-refractivity contribution in [2.75, 3.05) is 0 Å². The summed E-state index contributed by atoms with van der Waals surface area (Å²) in [5.74, 6) is 0.568. The summed E-state index contributed by atoms with van der Waals surface area (Å²) in [6.07, 6.45) is 3.51. The molecule has 5 heteroatoms.